The van der Waals surface area contributed by atoms with Crippen molar-refractivity contribution >= 4 is 46.5 Å². The first kappa shape index (κ1) is 36.5. The summed E-state index contributed by atoms with van der Waals surface area (Å²) in [5.74, 6) is 2.33. The van der Waals surface area contributed by atoms with Gasteiger partial charge in [-0.1, -0.05) is 35.0 Å². The second-order valence-electron chi connectivity index (χ2n) is 10.9. The van der Waals surface area contributed by atoms with Gasteiger partial charge >= 0.3 is 6.18 Å². The van der Waals surface area contributed by atoms with Crippen LogP contribution in [-0.4, -0.2) is 46.2 Å². The van der Waals surface area contributed by atoms with Crippen molar-refractivity contribution in [2.24, 2.45) is 4.99 Å². The number of pyridine rings is 1. The van der Waals surface area contributed by atoms with Crippen LogP contribution in [-0.2, 0) is 15.8 Å². The van der Waals surface area contributed by atoms with Gasteiger partial charge in [-0.3, -0.25) is 19.4 Å². The summed E-state index contributed by atoms with van der Waals surface area (Å²) in [7, 11) is 0. The van der Waals surface area contributed by atoms with E-state index in [1.54, 1.807) is 19.9 Å². The lowest BCUT2D eigenvalue weighted by atomic mass is 10.00. The Labute approximate surface area is 287 Å². The molecule has 1 aromatic heterocycles. The summed E-state index contributed by atoms with van der Waals surface area (Å²) in [4.78, 5) is 42.3. The molecule has 0 aliphatic rings. The summed E-state index contributed by atoms with van der Waals surface area (Å²) in [6, 6.07) is 12.8. The summed E-state index contributed by atoms with van der Waals surface area (Å²) < 4.78 is 59.9. The number of aromatic nitrogens is 1. The van der Waals surface area contributed by atoms with Gasteiger partial charge in [-0.25, -0.2) is 9.12 Å². The molecule has 254 valence electrons. The number of hydrogen-bond acceptors (Lipinski definition) is 6. The van der Waals surface area contributed by atoms with Gasteiger partial charge in [0.25, 0.3) is 5.91 Å². The second-order valence-corrected chi connectivity index (χ2v) is 11.7. The van der Waals surface area contributed by atoms with Crippen LogP contribution in [0.3, 0.4) is 0 Å². The third-order valence-electron chi connectivity index (χ3n) is 6.45. The van der Waals surface area contributed by atoms with Gasteiger partial charge in [-0.15, -0.1) is 0 Å². The molecule has 1 heterocycles. The average Bonchev–Trinajstić information content (AvgIpc) is 3.03. The molecule has 3 aromatic carbocycles. The number of carbonyl (C=O) groups is 3. The Morgan fingerprint density at radius 3 is 2.35 bits per heavy atom. The highest BCUT2D eigenvalue weighted by Crippen LogP contribution is 2.32. The lowest BCUT2D eigenvalue weighted by Gasteiger charge is -2.19. The van der Waals surface area contributed by atoms with Crippen molar-refractivity contribution in [1.82, 2.24) is 10.0 Å². The van der Waals surface area contributed by atoms with Crippen LogP contribution >= 0.6 is 23.2 Å². The molecule has 0 fully saturated rings. The fourth-order valence-electron chi connectivity index (χ4n) is 4.20. The Kier molecular flexibility index (Phi) is 11.4. The van der Waals surface area contributed by atoms with E-state index < -0.39 is 47.0 Å². The predicted octanol–water partition coefficient (Wildman–Crippen LogP) is 6.29. The highest BCUT2D eigenvalue weighted by Gasteiger charge is 2.32. The van der Waals surface area contributed by atoms with Crippen LogP contribution in [0.2, 0.25) is 10.0 Å². The van der Waals surface area contributed by atoms with Gasteiger partial charge < -0.3 is 20.6 Å². The summed E-state index contributed by atoms with van der Waals surface area (Å²) in [6.45, 7) is 2.60. The summed E-state index contributed by atoms with van der Waals surface area (Å²) >= 11 is 12.3. The van der Waals surface area contributed by atoms with E-state index in [0.29, 0.717) is 23.1 Å². The lowest BCUT2D eigenvalue weighted by Crippen LogP contribution is -2.43. The summed E-state index contributed by atoms with van der Waals surface area (Å²) in [5, 5.41) is 15.3. The van der Waals surface area contributed by atoms with Crippen molar-refractivity contribution < 1.29 is 41.9 Å². The molecule has 0 bridgehead atoms. The maximum Gasteiger partial charge on any atom is 0.416 e. The van der Waals surface area contributed by atoms with Gasteiger partial charge in [0.2, 0.25) is 5.91 Å². The Morgan fingerprint density at radius 1 is 0.959 bits per heavy atom. The number of carbonyl (C=O) groups excluding carboxylic acids is 3. The number of halogens is 6. The molecule has 49 heavy (non-hydrogen) atoms. The quantitative estimate of drug-likeness (QED) is 0.0814. The molecule has 0 radical (unpaired) electrons. The van der Waals surface area contributed by atoms with Crippen LogP contribution in [0.4, 0.5) is 23.2 Å². The van der Waals surface area contributed by atoms with Crippen LogP contribution in [0.5, 0.6) is 5.75 Å². The highest BCUT2D eigenvalue weighted by atomic mass is 35.5. The van der Waals surface area contributed by atoms with E-state index in [1.165, 1.54) is 48.8 Å². The number of ether oxygens (including phenoxy) is 1. The van der Waals surface area contributed by atoms with Crippen LogP contribution < -0.4 is 20.7 Å². The van der Waals surface area contributed by atoms with E-state index in [2.05, 4.69) is 27.5 Å². The van der Waals surface area contributed by atoms with Crippen molar-refractivity contribution in [2.45, 2.75) is 25.6 Å². The Morgan fingerprint density at radius 2 is 1.67 bits per heavy atom. The molecule has 4 aromatic rings. The zero-order valence-corrected chi connectivity index (χ0v) is 27.2. The molecule has 15 heteroatoms. The molecule has 2 amide bonds. The normalized spacial score (nSPS) is 11.2. The van der Waals surface area contributed by atoms with Gasteiger partial charge in [-0.05, 0) is 80.6 Å². The third kappa shape index (κ3) is 10.6. The zero-order valence-electron chi connectivity index (χ0n) is 25.7. The van der Waals surface area contributed by atoms with E-state index in [-0.39, 0.29) is 45.6 Å². The summed E-state index contributed by atoms with van der Waals surface area (Å²) in [6.07, 6.45) is -2.14. The van der Waals surface area contributed by atoms with E-state index in [4.69, 9.17) is 27.9 Å². The van der Waals surface area contributed by atoms with Gasteiger partial charge in [0, 0.05) is 28.5 Å². The van der Waals surface area contributed by atoms with Crippen LogP contribution in [0.25, 0.3) is 0 Å². The molecule has 0 unspecified atom stereocenters. The first-order valence-corrected chi connectivity index (χ1v) is 14.9. The van der Waals surface area contributed by atoms with Gasteiger partial charge in [0.05, 0.1) is 32.7 Å². The minimum atomic E-state index is -4.89. The maximum absolute atomic E-state index is 14.0. The Balaban J connectivity index is 1.38. The number of ketones is 1. The molecule has 0 aliphatic carbocycles. The molecule has 4 rings (SSSR count). The van der Waals surface area contributed by atoms with Gasteiger partial charge in [0.1, 0.15) is 18.1 Å². The van der Waals surface area contributed by atoms with Gasteiger partial charge in [0.15, 0.2) is 12.4 Å². The smallest absolute Gasteiger partial charge is 0.416 e. The van der Waals surface area contributed by atoms with E-state index in [9.17, 15) is 37.2 Å². The zero-order chi connectivity index (χ0) is 35.9. The minimum Gasteiger partial charge on any atom is -0.483 e. The number of rotatable bonds is 9. The molecular formula is C34H26Cl2F4N4O5. The minimum absolute atomic E-state index is 0.0498. The van der Waals surface area contributed by atoms with E-state index in [1.807, 2.05) is 0 Å². The van der Waals surface area contributed by atoms with Crippen molar-refractivity contribution in [2.75, 3.05) is 18.5 Å². The third-order valence-corrected chi connectivity index (χ3v) is 7.00. The predicted molar refractivity (Wildman–Crippen MR) is 173 cm³/mol. The van der Waals surface area contributed by atoms with Crippen LogP contribution in [0.15, 0.2) is 84.1 Å². The Hall–Kier alpha value is -5.32. The number of benzene rings is 3. The average molecular weight is 718 g/mol. The number of anilines is 1. The second kappa shape index (κ2) is 15.3. The van der Waals surface area contributed by atoms with Crippen LogP contribution in [0, 0.1) is 17.7 Å². The summed E-state index contributed by atoms with van der Waals surface area (Å²) in [5.41, 5.74) is -2.49. The number of amides is 2. The largest absolute Gasteiger partial charge is 0.483 e. The highest BCUT2D eigenvalue weighted by molar-refractivity contribution is 6.33. The number of nitrogens with one attached hydrogen (secondary N) is 2. The Bertz CT molecular complexity index is 2030. The molecular weight excluding hydrogens is 691 g/mol. The van der Waals surface area contributed by atoms with Crippen molar-refractivity contribution in [3.63, 3.8) is 0 Å². The van der Waals surface area contributed by atoms with Crippen molar-refractivity contribution in [3.8, 4) is 17.6 Å². The molecule has 9 nitrogen and oxygen atoms in total. The van der Waals surface area contributed by atoms with Crippen molar-refractivity contribution in [3.05, 3.63) is 123 Å². The first-order chi connectivity index (χ1) is 23.0. The standard InChI is InChI=1S/C34H26Cl2F4N4O5/c1-33(2,43-30(45)18-41-25-8-11-44(48)12-9-25)10-7-20-3-5-28(27(36)13-20)42-31(46)19-49-29-6-4-23(35)17-26(29)32(47)21-14-22(34(38,39)40)16-24(37)15-21/h3-6,8-9,11-17,48H,18-19H2,1-2H3,(H,42,46)(H,43,45). The molecule has 0 saturated heterocycles. The topological polar surface area (TPSA) is 122 Å². The van der Waals surface area contributed by atoms with Crippen LogP contribution in [0.1, 0.15) is 40.9 Å². The number of hydrogen-bond donors (Lipinski definition) is 3. The van der Waals surface area contributed by atoms with Gasteiger partial charge in [-0.2, -0.15) is 13.2 Å². The fourth-order valence-corrected chi connectivity index (χ4v) is 4.60. The lowest BCUT2D eigenvalue weighted by molar-refractivity contribution is -0.137. The molecule has 0 saturated carbocycles. The first-order valence-electron chi connectivity index (χ1n) is 14.2. The van der Waals surface area contributed by atoms with E-state index in [0.717, 1.165) is 10.8 Å². The molecule has 0 spiro atoms. The molecule has 3 N–H and O–H groups in total. The van der Waals surface area contributed by atoms with Crippen molar-refractivity contribution in [1.29, 1.82) is 0 Å². The maximum atomic E-state index is 14.0. The molecule has 0 atom stereocenters. The SMILES string of the molecule is CC(C)(C#Cc1ccc(NC(=O)COc2ccc(Cl)cc2C(=O)c2cc(F)cc(C(F)(F)F)c2)c(Cl)c1)NC(=O)CN=c1ccn(O)cc1. The number of nitrogens with zero attached hydrogens (tertiary/aromatic N) is 2. The monoisotopic (exact) mass is 716 g/mol. The molecule has 0 aliphatic heterocycles. The van der Waals surface area contributed by atoms with E-state index >= 15 is 0 Å². The fraction of sp³-hybridized carbons (Fsp3) is 0.176. The number of alkyl halides is 3.